The van der Waals surface area contributed by atoms with Crippen LogP contribution in [0.1, 0.15) is 10.4 Å². The molecule has 0 aliphatic rings. The van der Waals surface area contributed by atoms with E-state index in [-0.39, 0.29) is 16.9 Å². The number of anilines is 2. The third-order valence-corrected chi connectivity index (χ3v) is 2.47. The maximum Gasteiger partial charge on any atom is 0.335 e. The maximum atomic E-state index is 11.5. The fraction of sp³-hybridized carbons (Fsp3) is 0. The standard InChI is InChI=1S/C15H12N2O8/c18-11(1-3-13(20)21)16-9-5-8(15(24)25)6-10(7-9)17-12(19)2-4-14(22)23/h1-7H,(H,16,18)(H,17,19)(H,20,21)(H,22,23)(H,24,25)/b3-1-,4-2-. The summed E-state index contributed by atoms with van der Waals surface area (Å²) in [5.41, 5.74) is -0.299. The van der Waals surface area contributed by atoms with Gasteiger partial charge < -0.3 is 26.0 Å². The highest BCUT2D eigenvalue weighted by Gasteiger charge is 2.10. The molecule has 2 amide bonds. The molecule has 0 radical (unpaired) electrons. The van der Waals surface area contributed by atoms with Crippen LogP contribution in [0.25, 0.3) is 0 Å². The van der Waals surface area contributed by atoms with E-state index in [4.69, 9.17) is 15.3 Å². The molecule has 0 aromatic heterocycles. The smallest absolute Gasteiger partial charge is 0.335 e. The Hall–Kier alpha value is -3.95. The second-order valence-electron chi connectivity index (χ2n) is 4.43. The van der Waals surface area contributed by atoms with Crippen LogP contribution in [0.3, 0.4) is 0 Å². The minimum absolute atomic E-state index is 0.0162. The summed E-state index contributed by atoms with van der Waals surface area (Å²) in [7, 11) is 0. The van der Waals surface area contributed by atoms with Gasteiger partial charge in [-0.2, -0.15) is 0 Å². The number of carbonyl (C=O) groups is 5. The van der Waals surface area contributed by atoms with Crippen LogP contribution in [0.2, 0.25) is 0 Å². The highest BCUT2D eigenvalue weighted by Crippen LogP contribution is 2.19. The normalized spacial score (nSPS) is 10.6. The Morgan fingerprint density at radius 3 is 1.40 bits per heavy atom. The molecule has 0 saturated carbocycles. The van der Waals surface area contributed by atoms with Crippen molar-refractivity contribution in [1.82, 2.24) is 0 Å². The Kier molecular flexibility index (Phi) is 6.59. The van der Waals surface area contributed by atoms with Crippen LogP contribution in [0, 0.1) is 0 Å². The van der Waals surface area contributed by atoms with Crippen molar-refractivity contribution >= 4 is 41.1 Å². The fourth-order valence-electron chi connectivity index (χ4n) is 1.56. The molecule has 1 aromatic rings. The Labute approximate surface area is 140 Å². The minimum atomic E-state index is -1.34. The second kappa shape index (κ2) is 8.62. The lowest BCUT2D eigenvalue weighted by atomic mass is 10.1. The van der Waals surface area contributed by atoms with Crippen molar-refractivity contribution in [2.45, 2.75) is 0 Å². The summed E-state index contributed by atoms with van der Waals surface area (Å²) in [5.74, 6) is -5.67. The van der Waals surface area contributed by atoms with Crippen LogP contribution in [0.4, 0.5) is 11.4 Å². The average Bonchev–Trinajstić information content (AvgIpc) is 2.50. The monoisotopic (exact) mass is 348 g/mol. The van der Waals surface area contributed by atoms with E-state index in [1.54, 1.807) is 0 Å². The van der Waals surface area contributed by atoms with Crippen molar-refractivity contribution < 1.29 is 39.3 Å². The van der Waals surface area contributed by atoms with Gasteiger partial charge in [0, 0.05) is 35.7 Å². The first-order valence-corrected chi connectivity index (χ1v) is 6.49. The predicted octanol–water partition coefficient (Wildman–Crippen LogP) is 0.543. The van der Waals surface area contributed by atoms with Gasteiger partial charge >= 0.3 is 17.9 Å². The first-order chi connectivity index (χ1) is 11.7. The molecule has 1 aromatic carbocycles. The van der Waals surface area contributed by atoms with Crippen LogP contribution < -0.4 is 10.6 Å². The molecule has 0 unspecified atom stereocenters. The summed E-state index contributed by atoms with van der Waals surface area (Å²) in [5, 5.41) is 30.4. The highest BCUT2D eigenvalue weighted by molar-refractivity contribution is 6.05. The number of aromatic carboxylic acids is 1. The molecule has 10 nitrogen and oxygen atoms in total. The summed E-state index contributed by atoms with van der Waals surface area (Å²) in [4.78, 5) is 54.9. The van der Waals surface area contributed by atoms with E-state index in [9.17, 15) is 24.0 Å². The Balaban J connectivity index is 3.03. The number of carbonyl (C=O) groups excluding carboxylic acids is 2. The van der Waals surface area contributed by atoms with E-state index in [0.717, 1.165) is 24.3 Å². The predicted molar refractivity (Wildman–Crippen MR) is 84.2 cm³/mol. The Morgan fingerprint density at radius 1 is 0.680 bits per heavy atom. The lowest BCUT2D eigenvalue weighted by Crippen LogP contribution is -2.13. The largest absolute Gasteiger partial charge is 0.478 e. The third-order valence-electron chi connectivity index (χ3n) is 2.47. The highest BCUT2D eigenvalue weighted by atomic mass is 16.4. The van der Waals surface area contributed by atoms with Gasteiger partial charge in [-0.15, -0.1) is 0 Å². The average molecular weight is 348 g/mol. The first kappa shape index (κ1) is 19.1. The van der Waals surface area contributed by atoms with Gasteiger partial charge in [0.05, 0.1) is 5.56 Å². The van der Waals surface area contributed by atoms with Gasteiger partial charge in [-0.3, -0.25) is 9.59 Å². The summed E-state index contributed by atoms with van der Waals surface area (Å²) < 4.78 is 0. The van der Waals surface area contributed by atoms with Crippen molar-refractivity contribution in [3.63, 3.8) is 0 Å². The molecule has 0 saturated heterocycles. The summed E-state index contributed by atoms with van der Waals surface area (Å²) in [6.07, 6.45) is 2.64. The molecule has 0 bridgehead atoms. The molecule has 0 heterocycles. The van der Waals surface area contributed by atoms with Crippen molar-refractivity contribution in [2.75, 3.05) is 10.6 Å². The fourth-order valence-corrected chi connectivity index (χ4v) is 1.56. The molecule has 0 aliphatic carbocycles. The van der Waals surface area contributed by atoms with Gasteiger partial charge in [0.1, 0.15) is 0 Å². The molecular weight excluding hydrogens is 336 g/mol. The molecular formula is C15H12N2O8. The number of carboxylic acid groups (broad SMARTS) is 3. The molecule has 0 atom stereocenters. The maximum absolute atomic E-state index is 11.5. The lowest BCUT2D eigenvalue weighted by Gasteiger charge is -2.08. The summed E-state index contributed by atoms with van der Waals surface area (Å²) >= 11 is 0. The molecule has 1 rings (SSSR count). The Morgan fingerprint density at radius 2 is 1.08 bits per heavy atom. The number of carboxylic acids is 3. The lowest BCUT2D eigenvalue weighted by molar-refractivity contribution is -0.132. The van der Waals surface area contributed by atoms with E-state index in [0.29, 0.717) is 12.2 Å². The van der Waals surface area contributed by atoms with Crippen molar-refractivity contribution in [1.29, 1.82) is 0 Å². The third kappa shape index (κ3) is 7.23. The number of rotatable bonds is 7. The van der Waals surface area contributed by atoms with Crippen LogP contribution in [0.15, 0.2) is 42.5 Å². The zero-order chi connectivity index (χ0) is 19.0. The number of benzene rings is 1. The van der Waals surface area contributed by atoms with E-state index in [1.165, 1.54) is 6.07 Å². The van der Waals surface area contributed by atoms with Gasteiger partial charge in [-0.05, 0) is 18.2 Å². The minimum Gasteiger partial charge on any atom is -0.478 e. The van der Waals surface area contributed by atoms with Crippen LogP contribution in [0.5, 0.6) is 0 Å². The number of amides is 2. The van der Waals surface area contributed by atoms with Crippen molar-refractivity contribution in [3.05, 3.63) is 48.1 Å². The zero-order valence-corrected chi connectivity index (χ0v) is 12.4. The Bertz CT molecular complexity index is 738. The number of nitrogens with one attached hydrogen (secondary N) is 2. The second-order valence-corrected chi connectivity index (χ2v) is 4.43. The molecule has 0 aliphatic heterocycles. The van der Waals surface area contributed by atoms with Crippen molar-refractivity contribution in [3.8, 4) is 0 Å². The van der Waals surface area contributed by atoms with E-state index in [2.05, 4.69) is 10.6 Å². The van der Waals surface area contributed by atoms with Gasteiger partial charge in [-0.25, -0.2) is 14.4 Å². The first-order valence-electron chi connectivity index (χ1n) is 6.49. The van der Waals surface area contributed by atoms with E-state index in [1.807, 2.05) is 0 Å². The van der Waals surface area contributed by atoms with Gasteiger partial charge in [0.25, 0.3) is 0 Å². The van der Waals surface area contributed by atoms with Gasteiger partial charge in [-0.1, -0.05) is 0 Å². The molecule has 0 spiro atoms. The molecule has 0 fully saturated rings. The molecule has 25 heavy (non-hydrogen) atoms. The number of aliphatic carboxylic acids is 2. The van der Waals surface area contributed by atoms with Crippen LogP contribution in [-0.2, 0) is 19.2 Å². The molecule has 130 valence electrons. The van der Waals surface area contributed by atoms with E-state index >= 15 is 0 Å². The van der Waals surface area contributed by atoms with Gasteiger partial charge in [0.2, 0.25) is 11.8 Å². The summed E-state index contributed by atoms with van der Waals surface area (Å²) in [6, 6.07) is 3.40. The zero-order valence-electron chi connectivity index (χ0n) is 12.4. The van der Waals surface area contributed by atoms with Crippen LogP contribution >= 0.6 is 0 Å². The molecule has 5 N–H and O–H groups in total. The quantitative estimate of drug-likeness (QED) is 0.444. The number of hydrogen-bond donors (Lipinski definition) is 5. The molecule has 10 heteroatoms. The topological polar surface area (TPSA) is 170 Å². The summed E-state index contributed by atoms with van der Waals surface area (Å²) in [6.45, 7) is 0. The van der Waals surface area contributed by atoms with E-state index < -0.39 is 29.7 Å². The van der Waals surface area contributed by atoms with Crippen molar-refractivity contribution in [2.24, 2.45) is 0 Å². The van der Waals surface area contributed by atoms with Crippen LogP contribution in [-0.4, -0.2) is 45.0 Å². The number of hydrogen-bond acceptors (Lipinski definition) is 5. The van der Waals surface area contributed by atoms with Gasteiger partial charge in [0.15, 0.2) is 0 Å². The SMILES string of the molecule is O=C(O)/C=C\C(=O)Nc1cc(NC(=O)/C=C\C(=O)O)cc(C(=O)O)c1.